The van der Waals surface area contributed by atoms with E-state index in [1.807, 2.05) is 0 Å². The molecular weight excluding hydrogens is 180 g/mol. The van der Waals surface area contributed by atoms with Gasteiger partial charge in [0.1, 0.15) is 0 Å². The first kappa shape index (κ1) is 11.9. The Morgan fingerprint density at radius 1 is 1.00 bits per heavy atom. The number of hydrogen-bond acceptors (Lipinski definition) is 0. The maximum atomic E-state index is 6.81. The van der Waals surface area contributed by atoms with Crippen LogP contribution < -0.4 is 0 Å². The molecule has 0 nitrogen and oxygen atoms in total. The average Bonchev–Trinajstić information content (AvgIpc) is 2.27. The zero-order valence-electron chi connectivity index (χ0n) is 9.55. The molecule has 0 fully saturated rings. The summed E-state index contributed by atoms with van der Waals surface area (Å²) in [4.78, 5) is 0. The van der Waals surface area contributed by atoms with Crippen LogP contribution in [0.1, 0.15) is 43.7 Å². The molecule has 0 aliphatic rings. The van der Waals surface area contributed by atoms with Gasteiger partial charge in [0, 0.05) is 6.42 Å². The molecule has 0 bridgehead atoms. The molecule has 0 saturated heterocycles. The molecule has 0 amide bonds. The summed E-state index contributed by atoms with van der Waals surface area (Å²) in [5.74, 6) is 2.43. The van der Waals surface area contributed by atoms with Crippen molar-refractivity contribution in [2.75, 3.05) is 0 Å². The normalized spacial score (nSPS) is 9.87. The van der Waals surface area contributed by atoms with E-state index < -0.39 is 0 Å². The summed E-state index contributed by atoms with van der Waals surface area (Å²) >= 11 is 0. The Bertz CT molecular complexity index is 300. The molecule has 1 aromatic rings. The highest BCUT2D eigenvalue weighted by Crippen LogP contribution is 2.10. The molecule has 0 heteroatoms. The molecule has 0 N–H and O–H groups in total. The van der Waals surface area contributed by atoms with E-state index in [1.54, 1.807) is 0 Å². The van der Waals surface area contributed by atoms with E-state index in [0.717, 1.165) is 19.3 Å². The molecule has 0 aliphatic carbocycles. The van der Waals surface area contributed by atoms with E-state index in [4.69, 9.17) is 6.42 Å². The highest BCUT2D eigenvalue weighted by Gasteiger charge is 1.94. The quantitative estimate of drug-likeness (QED) is 0.481. The van der Waals surface area contributed by atoms with Crippen LogP contribution in [0, 0.1) is 12.3 Å². The van der Waals surface area contributed by atoms with Crippen molar-refractivity contribution in [2.45, 2.75) is 45.4 Å². The Balaban J connectivity index is 2.33. The second kappa shape index (κ2) is 7.12. The van der Waals surface area contributed by atoms with Crippen molar-refractivity contribution < 1.29 is 0 Å². The minimum atomic E-state index is 0.800. The first-order valence-electron chi connectivity index (χ1n) is 5.84. The molecule has 79 valence electrons. The first-order chi connectivity index (χ1) is 7.36. The van der Waals surface area contributed by atoms with E-state index in [9.17, 15) is 0 Å². The standard InChI is InChI=1S/C15H19/c1-3-5-6-7-9-15-12-10-14(8-4-2)11-13-15/h10-13H,4-9H2,2H3. The van der Waals surface area contributed by atoms with E-state index in [-0.39, 0.29) is 0 Å². The Morgan fingerprint density at radius 2 is 1.60 bits per heavy atom. The van der Waals surface area contributed by atoms with E-state index >= 15 is 0 Å². The largest absolute Gasteiger partial charge is 0.0891 e. The van der Waals surface area contributed by atoms with Crippen LogP contribution in [0.3, 0.4) is 0 Å². The molecule has 0 unspecified atom stereocenters. The average molecular weight is 199 g/mol. The number of aryl methyl sites for hydroxylation is 2. The lowest BCUT2D eigenvalue weighted by Gasteiger charge is -2.02. The van der Waals surface area contributed by atoms with Crippen LogP contribution in [0.15, 0.2) is 24.3 Å². The van der Waals surface area contributed by atoms with Crippen molar-refractivity contribution in [3.05, 3.63) is 41.8 Å². The fraction of sp³-hybridized carbons (Fsp3) is 0.467. The first-order valence-corrected chi connectivity index (χ1v) is 5.84. The second-order valence-electron chi connectivity index (χ2n) is 3.95. The van der Waals surface area contributed by atoms with Crippen LogP contribution in [0.2, 0.25) is 0 Å². The number of benzene rings is 1. The van der Waals surface area contributed by atoms with Gasteiger partial charge in [-0.15, -0.1) is 0 Å². The molecule has 0 aliphatic heterocycles. The topological polar surface area (TPSA) is 0 Å². The molecule has 1 aromatic carbocycles. The van der Waals surface area contributed by atoms with Crippen LogP contribution in [-0.4, -0.2) is 0 Å². The van der Waals surface area contributed by atoms with Gasteiger partial charge in [0.15, 0.2) is 0 Å². The van der Waals surface area contributed by atoms with Crippen molar-refractivity contribution in [1.29, 1.82) is 0 Å². The van der Waals surface area contributed by atoms with Crippen molar-refractivity contribution in [2.24, 2.45) is 0 Å². The van der Waals surface area contributed by atoms with Gasteiger partial charge >= 0.3 is 0 Å². The second-order valence-corrected chi connectivity index (χ2v) is 3.95. The Kier molecular flexibility index (Phi) is 5.63. The summed E-state index contributed by atoms with van der Waals surface area (Å²) in [5, 5.41) is 0. The predicted octanol–water partition coefficient (Wildman–Crippen LogP) is 3.94. The van der Waals surface area contributed by atoms with E-state index in [0.29, 0.717) is 0 Å². The van der Waals surface area contributed by atoms with Gasteiger partial charge in [-0.3, -0.25) is 0 Å². The summed E-state index contributed by atoms with van der Waals surface area (Å²) in [7, 11) is 0. The number of rotatable bonds is 6. The molecule has 0 heterocycles. The van der Waals surface area contributed by atoms with Gasteiger partial charge in [-0.2, -0.15) is 0 Å². The Morgan fingerprint density at radius 3 is 2.13 bits per heavy atom. The monoisotopic (exact) mass is 199 g/mol. The SMILES string of the molecule is [C]#CCCCCc1ccc(CCC)cc1. The number of unbranched alkanes of at least 4 members (excludes halogenated alkanes) is 2. The zero-order chi connectivity index (χ0) is 10.9. The van der Waals surface area contributed by atoms with Gasteiger partial charge in [0.25, 0.3) is 0 Å². The van der Waals surface area contributed by atoms with Crippen molar-refractivity contribution >= 4 is 0 Å². The smallest absolute Gasteiger partial charge is 0.00990 e. The van der Waals surface area contributed by atoms with Crippen LogP contribution in [-0.2, 0) is 12.8 Å². The lowest BCUT2D eigenvalue weighted by Crippen LogP contribution is -1.87. The zero-order valence-corrected chi connectivity index (χ0v) is 9.55. The van der Waals surface area contributed by atoms with E-state index in [2.05, 4.69) is 37.1 Å². The van der Waals surface area contributed by atoms with Crippen molar-refractivity contribution in [3.63, 3.8) is 0 Å². The molecule has 0 atom stereocenters. The van der Waals surface area contributed by atoms with Gasteiger partial charge < -0.3 is 0 Å². The predicted molar refractivity (Wildman–Crippen MR) is 65.1 cm³/mol. The summed E-state index contributed by atoms with van der Waals surface area (Å²) in [5.41, 5.74) is 2.86. The van der Waals surface area contributed by atoms with Crippen LogP contribution in [0.25, 0.3) is 0 Å². The molecule has 15 heavy (non-hydrogen) atoms. The van der Waals surface area contributed by atoms with Gasteiger partial charge in [-0.05, 0) is 43.2 Å². The summed E-state index contributed by atoms with van der Waals surface area (Å²) in [6.45, 7) is 2.21. The number of hydrogen-bond donors (Lipinski definition) is 0. The molecule has 1 rings (SSSR count). The third-order valence-corrected chi connectivity index (χ3v) is 2.58. The lowest BCUT2D eigenvalue weighted by molar-refractivity contribution is 0.756. The van der Waals surface area contributed by atoms with Crippen LogP contribution >= 0.6 is 0 Å². The Hall–Kier alpha value is -1.22. The van der Waals surface area contributed by atoms with Gasteiger partial charge in [-0.25, -0.2) is 0 Å². The lowest BCUT2D eigenvalue weighted by atomic mass is 10.0. The third-order valence-electron chi connectivity index (χ3n) is 2.58. The summed E-state index contributed by atoms with van der Waals surface area (Å²) in [6.07, 6.45) is 13.4. The summed E-state index contributed by atoms with van der Waals surface area (Å²) < 4.78 is 0. The fourth-order valence-electron chi connectivity index (χ4n) is 1.70. The van der Waals surface area contributed by atoms with Crippen LogP contribution in [0.4, 0.5) is 0 Å². The molecular formula is C15H19. The maximum absolute atomic E-state index is 6.81. The minimum absolute atomic E-state index is 0.800. The molecule has 0 saturated carbocycles. The molecule has 1 radical (unpaired) electrons. The van der Waals surface area contributed by atoms with Crippen molar-refractivity contribution in [1.82, 2.24) is 0 Å². The fourth-order valence-corrected chi connectivity index (χ4v) is 1.70. The van der Waals surface area contributed by atoms with E-state index in [1.165, 1.54) is 30.4 Å². The van der Waals surface area contributed by atoms with Gasteiger partial charge in [-0.1, -0.05) is 43.5 Å². The third kappa shape index (κ3) is 4.70. The van der Waals surface area contributed by atoms with Gasteiger partial charge in [0.2, 0.25) is 0 Å². The van der Waals surface area contributed by atoms with Gasteiger partial charge in [0.05, 0.1) is 0 Å². The van der Waals surface area contributed by atoms with Crippen LogP contribution in [0.5, 0.6) is 0 Å². The maximum Gasteiger partial charge on any atom is 0.00990 e. The highest BCUT2D eigenvalue weighted by atomic mass is 14.0. The Labute approximate surface area is 93.7 Å². The highest BCUT2D eigenvalue weighted by molar-refractivity contribution is 5.22. The summed E-state index contributed by atoms with van der Waals surface area (Å²) in [6, 6.07) is 8.95. The van der Waals surface area contributed by atoms with Crippen molar-refractivity contribution in [3.8, 4) is 5.92 Å². The minimum Gasteiger partial charge on any atom is -0.0891 e. The molecule has 0 spiro atoms. The molecule has 0 aromatic heterocycles.